The summed E-state index contributed by atoms with van der Waals surface area (Å²) in [5, 5.41) is 16.1. The first-order valence-electron chi connectivity index (χ1n) is 14.3. The van der Waals surface area contributed by atoms with Gasteiger partial charge in [0.15, 0.2) is 0 Å². The number of anilines is 1. The van der Waals surface area contributed by atoms with Gasteiger partial charge in [-0.25, -0.2) is 0 Å². The van der Waals surface area contributed by atoms with Crippen LogP contribution in [-0.4, -0.2) is 86.6 Å². The molecule has 1 amide bonds. The highest BCUT2D eigenvalue weighted by Gasteiger charge is 2.77. The molecule has 2 aromatic rings. The lowest BCUT2D eigenvalue weighted by atomic mass is 9.47. The Balaban J connectivity index is 1.52. The number of hydrogen-bond acceptors (Lipinski definition) is 8. The number of nitrogens with zero attached hydrogens (tertiary/aromatic N) is 2. The Morgan fingerprint density at radius 3 is 2.56 bits per heavy atom. The van der Waals surface area contributed by atoms with E-state index in [9.17, 15) is 14.7 Å². The van der Waals surface area contributed by atoms with Crippen LogP contribution in [0.5, 0.6) is 11.5 Å². The third-order valence-corrected chi connectivity index (χ3v) is 10.1. The van der Waals surface area contributed by atoms with Crippen molar-refractivity contribution in [3.05, 3.63) is 65.7 Å². The molecule has 2 N–H and O–H groups in total. The molecule has 1 spiro atoms. The molecule has 4 aliphatic rings. The van der Waals surface area contributed by atoms with Crippen molar-refractivity contribution in [2.75, 3.05) is 45.8 Å². The van der Waals surface area contributed by atoms with Crippen LogP contribution >= 0.6 is 0 Å². The second-order valence-corrected chi connectivity index (χ2v) is 11.8. The van der Waals surface area contributed by atoms with Crippen molar-refractivity contribution in [1.29, 1.82) is 0 Å². The van der Waals surface area contributed by atoms with E-state index >= 15 is 0 Å². The molecule has 3 aliphatic heterocycles. The fourth-order valence-electron chi connectivity index (χ4n) is 8.73. The van der Waals surface area contributed by atoms with Crippen LogP contribution in [0.2, 0.25) is 0 Å². The number of carbonyl (C=O) groups excluding carboxylic acids is 2. The molecule has 3 heterocycles. The van der Waals surface area contributed by atoms with E-state index in [2.05, 4.69) is 40.3 Å². The maximum atomic E-state index is 13.5. The van der Waals surface area contributed by atoms with Gasteiger partial charge in [0.05, 0.1) is 26.8 Å². The van der Waals surface area contributed by atoms with Gasteiger partial charge >= 0.3 is 5.97 Å². The summed E-state index contributed by atoms with van der Waals surface area (Å²) in [4.78, 5) is 30.8. The smallest absolute Gasteiger partial charge is 0.303 e. The summed E-state index contributed by atoms with van der Waals surface area (Å²) < 4.78 is 17.1. The molecule has 2 fully saturated rings. The SMILES string of the molecule is CC[C@]12C=CCN3CC[C@@]4(c5ccc(OC)cc5N(C)[C@H]4[C@@](O)(CNC(=O)c4cccc(OC)c4)[C@@H]1OC(C)=O)[C@@H]32. The minimum atomic E-state index is -1.63. The summed E-state index contributed by atoms with van der Waals surface area (Å²) in [5.74, 6) is 0.498. The van der Waals surface area contributed by atoms with Crippen LogP contribution in [0.1, 0.15) is 42.6 Å². The minimum absolute atomic E-state index is 0.00851. The highest BCUT2D eigenvalue weighted by Crippen LogP contribution is 2.67. The van der Waals surface area contributed by atoms with Gasteiger partial charge in [0.2, 0.25) is 0 Å². The Morgan fingerprint density at radius 2 is 1.85 bits per heavy atom. The zero-order valence-corrected chi connectivity index (χ0v) is 24.3. The Morgan fingerprint density at radius 1 is 1.10 bits per heavy atom. The molecule has 0 unspecified atom stereocenters. The lowest BCUT2D eigenvalue weighted by Gasteiger charge is -2.64. The second-order valence-electron chi connectivity index (χ2n) is 11.8. The monoisotopic (exact) mass is 561 g/mol. The molecule has 0 bridgehead atoms. The first-order valence-corrected chi connectivity index (χ1v) is 14.3. The molecule has 1 saturated carbocycles. The third kappa shape index (κ3) is 3.74. The quantitative estimate of drug-likeness (QED) is 0.393. The van der Waals surface area contributed by atoms with E-state index in [1.54, 1.807) is 38.5 Å². The highest BCUT2D eigenvalue weighted by atomic mass is 16.6. The van der Waals surface area contributed by atoms with E-state index in [-0.39, 0.29) is 18.5 Å². The fraction of sp³-hybridized carbons (Fsp3) is 0.500. The predicted molar refractivity (Wildman–Crippen MR) is 155 cm³/mol. The van der Waals surface area contributed by atoms with Crippen LogP contribution < -0.4 is 19.7 Å². The molecule has 218 valence electrons. The van der Waals surface area contributed by atoms with Crippen molar-refractivity contribution >= 4 is 17.6 Å². The molecule has 6 rings (SSSR count). The summed E-state index contributed by atoms with van der Waals surface area (Å²) >= 11 is 0. The maximum Gasteiger partial charge on any atom is 0.303 e. The van der Waals surface area contributed by atoms with Crippen LogP contribution in [0.25, 0.3) is 0 Å². The van der Waals surface area contributed by atoms with E-state index in [1.165, 1.54) is 6.92 Å². The molecule has 6 atom stereocenters. The summed E-state index contributed by atoms with van der Waals surface area (Å²) in [5.41, 5.74) is -0.214. The van der Waals surface area contributed by atoms with Crippen molar-refractivity contribution < 1.29 is 28.9 Å². The van der Waals surface area contributed by atoms with Crippen LogP contribution in [0.4, 0.5) is 5.69 Å². The topological polar surface area (TPSA) is 101 Å². The van der Waals surface area contributed by atoms with Crippen molar-refractivity contribution in [3.63, 3.8) is 0 Å². The van der Waals surface area contributed by atoms with Gasteiger partial charge in [-0.3, -0.25) is 14.5 Å². The largest absolute Gasteiger partial charge is 0.497 e. The number of ether oxygens (including phenoxy) is 3. The molecule has 0 radical (unpaired) electrons. The zero-order chi connectivity index (χ0) is 29.2. The Bertz CT molecular complexity index is 1410. The van der Waals surface area contributed by atoms with E-state index < -0.39 is 34.5 Å². The van der Waals surface area contributed by atoms with Crippen molar-refractivity contribution in [1.82, 2.24) is 10.2 Å². The molecule has 41 heavy (non-hydrogen) atoms. The highest BCUT2D eigenvalue weighted by molar-refractivity contribution is 5.94. The fourth-order valence-corrected chi connectivity index (χ4v) is 8.73. The molecular formula is C32H39N3O6. The lowest BCUT2D eigenvalue weighted by Crippen LogP contribution is -2.81. The number of hydrogen-bond donors (Lipinski definition) is 2. The molecular weight excluding hydrogens is 522 g/mol. The van der Waals surface area contributed by atoms with Crippen LogP contribution in [0, 0.1) is 5.41 Å². The number of likely N-dealkylation sites (N-methyl/N-ethyl adjacent to an activating group) is 1. The first kappa shape index (κ1) is 27.6. The molecule has 1 saturated heterocycles. The summed E-state index contributed by atoms with van der Waals surface area (Å²) in [6.07, 6.45) is 4.88. The third-order valence-electron chi connectivity index (χ3n) is 10.1. The van der Waals surface area contributed by atoms with Crippen LogP contribution in [-0.2, 0) is 14.9 Å². The Labute approximate surface area is 241 Å². The number of benzene rings is 2. The van der Waals surface area contributed by atoms with E-state index in [1.807, 2.05) is 19.2 Å². The number of nitrogens with one attached hydrogen (secondary N) is 1. The van der Waals surface area contributed by atoms with Gasteiger partial charge in [-0.15, -0.1) is 0 Å². The number of methoxy groups -OCH3 is 2. The van der Waals surface area contributed by atoms with Crippen LogP contribution in [0.15, 0.2) is 54.6 Å². The van der Waals surface area contributed by atoms with Crippen molar-refractivity contribution in [3.8, 4) is 11.5 Å². The number of esters is 1. The van der Waals surface area contributed by atoms with E-state index in [0.29, 0.717) is 17.7 Å². The number of rotatable bonds is 7. The normalized spacial score (nSPS) is 33.0. The lowest BCUT2D eigenvalue weighted by molar-refractivity contribution is -0.216. The average molecular weight is 562 g/mol. The van der Waals surface area contributed by atoms with Gasteiger partial charge in [-0.05, 0) is 49.2 Å². The Kier molecular flexibility index (Phi) is 6.58. The molecule has 2 aromatic carbocycles. The standard InChI is InChI=1S/C32H39N3O6/c1-6-30-13-8-15-35-16-14-31(27(30)35)24-12-11-23(40-5)18-25(24)34(3)28(31)32(38,29(30)41-20(2)36)19-33-26(37)21-9-7-10-22(17-21)39-4/h7-13,17-18,27-29,38H,6,14-16,19H2,1-5H3,(H,33,37)/t27-,28+,29+,30+,31+,32-/m0/s1. The van der Waals surface area contributed by atoms with Gasteiger partial charge in [0, 0.05) is 54.7 Å². The molecule has 9 heteroatoms. The second kappa shape index (κ2) is 9.77. The van der Waals surface area contributed by atoms with Crippen molar-refractivity contribution in [2.24, 2.45) is 5.41 Å². The molecule has 0 aromatic heterocycles. The molecule has 1 aliphatic carbocycles. The zero-order valence-electron chi connectivity index (χ0n) is 24.3. The van der Waals surface area contributed by atoms with E-state index in [0.717, 1.165) is 36.5 Å². The van der Waals surface area contributed by atoms with Gasteiger partial charge in [0.1, 0.15) is 23.2 Å². The minimum Gasteiger partial charge on any atom is -0.497 e. The van der Waals surface area contributed by atoms with Crippen LogP contribution in [0.3, 0.4) is 0 Å². The summed E-state index contributed by atoms with van der Waals surface area (Å²) in [6.45, 7) is 5.03. The predicted octanol–water partition coefficient (Wildman–Crippen LogP) is 2.91. The summed E-state index contributed by atoms with van der Waals surface area (Å²) in [6, 6.07) is 12.6. The first-order chi connectivity index (χ1) is 19.7. The average Bonchev–Trinajstić information content (AvgIpc) is 3.50. The number of aliphatic hydroxyl groups is 1. The Hall–Kier alpha value is -3.56. The number of amides is 1. The maximum absolute atomic E-state index is 13.5. The number of fused-ring (bicyclic) bond motifs is 1. The van der Waals surface area contributed by atoms with E-state index in [4.69, 9.17) is 14.2 Å². The molecule has 9 nitrogen and oxygen atoms in total. The van der Waals surface area contributed by atoms with Gasteiger partial charge in [-0.1, -0.05) is 31.2 Å². The van der Waals surface area contributed by atoms with Gasteiger partial charge in [-0.2, -0.15) is 0 Å². The van der Waals surface area contributed by atoms with Gasteiger partial charge < -0.3 is 29.5 Å². The number of carbonyl (C=O) groups is 2. The van der Waals surface area contributed by atoms with Gasteiger partial charge in [0.25, 0.3) is 5.91 Å². The van der Waals surface area contributed by atoms with Crippen molar-refractivity contribution in [2.45, 2.75) is 55.9 Å². The summed E-state index contributed by atoms with van der Waals surface area (Å²) in [7, 11) is 5.18.